The number of rotatable bonds is 4. The molecule has 0 atom stereocenters. The lowest BCUT2D eigenvalue weighted by Gasteiger charge is -2.26. The van der Waals surface area contributed by atoms with E-state index in [2.05, 4.69) is 0 Å². The van der Waals surface area contributed by atoms with E-state index in [1.165, 1.54) is 0 Å². The summed E-state index contributed by atoms with van der Waals surface area (Å²) in [5.74, 6) is -0.607. The van der Waals surface area contributed by atoms with Gasteiger partial charge in [-0.3, -0.25) is 9.59 Å². The number of benzene rings is 1. The Morgan fingerprint density at radius 2 is 1.83 bits per heavy atom. The lowest BCUT2D eigenvalue weighted by atomic mass is 10.1. The van der Waals surface area contributed by atoms with Crippen LogP contribution in [0.15, 0.2) is 24.3 Å². The fraction of sp³-hybridized carbons (Fsp3) is 0.429. The van der Waals surface area contributed by atoms with E-state index in [0.717, 1.165) is 30.5 Å². The van der Waals surface area contributed by atoms with E-state index in [9.17, 15) is 9.59 Å². The molecule has 96 valence electrons. The van der Waals surface area contributed by atoms with E-state index in [-0.39, 0.29) is 12.3 Å². The van der Waals surface area contributed by atoms with Gasteiger partial charge in [0.25, 0.3) is 0 Å². The van der Waals surface area contributed by atoms with Gasteiger partial charge in [0.05, 0.1) is 6.42 Å². The maximum Gasteiger partial charge on any atom is 0.307 e. The molecule has 0 spiro atoms. The first kappa shape index (κ1) is 12.6. The number of hydrogen-bond acceptors (Lipinski definition) is 2. The highest BCUT2D eigenvalue weighted by molar-refractivity contribution is 5.76. The van der Waals surface area contributed by atoms with Crippen LogP contribution in [0.4, 0.5) is 0 Å². The highest BCUT2D eigenvalue weighted by atomic mass is 16.4. The van der Waals surface area contributed by atoms with Gasteiger partial charge in [-0.25, -0.2) is 0 Å². The number of hydrogen-bond donors (Lipinski definition) is 1. The zero-order valence-corrected chi connectivity index (χ0v) is 10.3. The van der Waals surface area contributed by atoms with Crippen LogP contribution >= 0.6 is 0 Å². The smallest absolute Gasteiger partial charge is 0.307 e. The molecule has 0 radical (unpaired) electrons. The second-order valence-corrected chi connectivity index (χ2v) is 4.66. The van der Waals surface area contributed by atoms with Crippen LogP contribution in [0.3, 0.4) is 0 Å². The van der Waals surface area contributed by atoms with Crippen LogP contribution in [-0.2, 0) is 22.6 Å². The minimum atomic E-state index is -0.825. The summed E-state index contributed by atoms with van der Waals surface area (Å²) in [6, 6.07) is 7.44. The molecular weight excluding hydrogens is 230 g/mol. The van der Waals surface area contributed by atoms with E-state index in [4.69, 9.17) is 5.11 Å². The van der Waals surface area contributed by atoms with Gasteiger partial charge in [-0.2, -0.15) is 0 Å². The Labute approximate surface area is 106 Å². The van der Waals surface area contributed by atoms with Crippen molar-refractivity contribution in [1.82, 2.24) is 4.90 Å². The van der Waals surface area contributed by atoms with Gasteiger partial charge in [-0.1, -0.05) is 24.3 Å². The number of piperidine rings is 1. The number of carbonyl (C=O) groups is 2. The SMILES string of the molecule is O=C(O)Cc1ccc(CN2CCCCC2=O)cc1. The first-order chi connectivity index (χ1) is 8.65. The molecule has 2 rings (SSSR count). The predicted octanol–water partition coefficient (Wildman–Crippen LogP) is 1.83. The van der Waals surface area contributed by atoms with Crippen molar-refractivity contribution in [1.29, 1.82) is 0 Å². The molecule has 1 aliphatic rings. The standard InChI is InChI=1S/C14H17NO3/c16-13-3-1-2-8-15(13)10-12-6-4-11(5-7-12)9-14(17)18/h4-7H,1-3,8-10H2,(H,17,18). The molecule has 4 heteroatoms. The molecule has 1 heterocycles. The topological polar surface area (TPSA) is 57.6 Å². The van der Waals surface area contributed by atoms with Crippen molar-refractivity contribution in [2.45, 2.75) is 32.2 Å². The molecule has 0 saturated carbocycles. The highest BCUT2D eigenvalue weighted by Gasteiger charge is 2.17. The van der Waals surface area contributed by atoms with Crippen molar-refractivity contribution < 1.29 is 14.7 Å². The fourth-order valence-electron chi connectivity index (χ4n) is 2.19. The monoisotopic (exact) mass is 247 g/mol. The number of carbonyl (C=O) groups excluding carboxylic acids is 1. The fourth-order valence-corrected chi connectivity index (χ4v) is 2.19. The minimum Gasteiger partial charge on any atom is -0.481 e. The van der Waals surface area contributed by atoms with Gasteiger partial charge in [0.2, 0.25) is 5.91 Å². The van der Waals surface area contributed by atoms with Gasteiger partial charge in [0, 0.05) is 19.5 Å². The molecule has 1 aromatic carbocycles. The third-order valence-corrected chi connectivity index (χ3v) is 3.17. The van der Waals surface area contributed by atoms with Gasteiger partial charge >= 0.3 is 5.97 Å². The van der Waals surface area contributed by atoms with Crippen molar-refractivity contribution in [3.63, 3.8) is 0 Å². The second kappa shape index (κ2) is 5.67. The van der Waals surface area contributed by atoms with Crippen molar-refractivity contribution in [2.24, 2.45) is 0 Å². The van der Waals surface area contributed by atoms with Gasteiger partial charge < -0.3 is 10.0 Å². The molecule has 0 bridgehead atoms. The molecule has 1 aliphatic heterocycles. The molecular formula is C14H17NO3. The van der Waals surface area contributed by atoms with Crippen molar-refractivity contribution >= 4 is 11.9 Å². The van der Waals surface area contributed by atoms with E-state index >= 15 is 0 Å². The van der Waals surface area contributed by atoms with Crippen molar-refractivity contribution in [2.75, 3.05) is 6.54 Å². The normalized spacial score (nSPS) is 15.8. The molecule has 0 aliphatic carbocycles. The Hall–Kier alpha value is -1.84. The number of aliphatic carboxylic acids is 1. The molecule has 0 unspecified atom stereocenters. The van der Waals surface area contributed by atoms with Crippen LogP contribution in [0.1, 0.15) is 30.4 Å². The number of likely N-dealkylation sites (tertiary alicyclic amines) is 1. The summed E-state index contributed by atoms with van der Waals surface area (Å²) >= 11 is 0. The van der Waals surface area contributed by atoms with E-state index in [0.29, 0.717) is 13.0 Å². The largest absolute Gasteiger partial charge is 0.481 e. The summed E-state index contributed by atoms with van der Waals surface area (Å²) < 4.78 is 0. The second-order valence-electron chi connectivity index (χ2n) is 4.66. The van der Waals surface area contributed by atoms with Crippen LogP contribution in [0.2, 0.25) is 0 Å². The summed E-state index contributed by atoms with van der Waals surface area (Å²) in [4.78, 5) is 24.1. The van der Waals surface area contributed by atoms with Gasteiger partial charge in [-0.05, 0) is 24.0 Å². The lowest BCUT2D eigenvalue weighted by molar-refractivity contribution is -0.136. The Balaban J connectivity index is 1.97. The Kier molecular flexibility index (Phi) is 3.97. The Morgan fingerprint density at radius 1 is 1.17 bits per heavy atom. The zero-order valence-electron chi connectivity index (χ0n) is 10.3. The average molecular weight is 247 g/mol. The molecule has 1 saturated heterocycles. The van der Waals surface area contributed by atoms with Gasteiger partial charge in [0.1, 0.15) is 0 Å². The molecule has 1 fully saturated rings. The number of nitrogens with zero attached hydrogens (tertiary/aromatic N) is 1. The molecule has 1 aromatic rings. The van der Waals surface area contributed by atoms with E-state index < -0.39 is 5.97 Å². The third-order valence-electron chi connectivity index (χ3n) is 3.17. The van der Waals surface area contributed by atoms with Crippen LogP contribution in [0.5, 0.6) is 0 Å². The van der Waals surface area contributed by atoms with Crippen LogP contribution in [-0.4, -0.2) is 28.4 Å². The third kappa shape index (κ3) is 3.32. The summed E-state index contributed by atoms with van der Waals surface area (Å²) in [5.41, 5.74) is 1.84. The first-order valence-corrected chi connectivity index (χ1v) is 6.22. The summed E-state index contributed by atoms with van der Waals surface area (Å²) in [7, 11) is 0. The quantitative estimate of drug-likeness (QED) is 0.883. The Bertz CT molecular complexity index is 439. The van der Waals surface area contributed by atoms with Crippen LogP contribution in [0, 0.1) is 0 Å². The highest BCUT2D eigenvalue weighted by Crippen LogP contribution is 2.15. The summed E-state index contributed by atoms with van der Waals surface area (Å²) in [5, 5.41) is 8.68. The summed E-state index contributed by atoms with van der Waals surface area (Å²) in [6.45, 7) is 1.46. The first-order valence-electron chi connectivity index (χ1n) is 6.22. The molecule has 1 N–H and O–H groups in total. The number of carboxylic acids is 1. The zero-order chi connectivity index (χ0) is 13.0. The maximum atomic E-state index is 11.7. The van der Waals surface area contributed by atoms with Crippen LogP contribution in [0.25, 0.3) is 0 Å². The minimum absolute atomic E-state index is 0.0446. The molecule has 18 heavy (non-hydrogen) atoms. The number of carboxylic acid groups (broad SMARTS) is 1. The predicted molar refractivity (Wildman–Crippen MR) is 67.0 cm³/mol. The maximum absolute atomic E-state index is 11.7. The molecule has 4 nitrogen and oxygen atoms in total. The van der Waals surface area contributed by atoms with E-state index in [1.807, 2.05) is 29.2 Å². The lowest BCUT2D eigenvalue weighted by Crippen LogP contribution is -2.34. The molecule has 0 aromatic heterocycles. The van der Waals surface area contributed by atoms with E-state index in [1.54, 1.807) is 0 Å². The number of amides is 1. The Morgan fingerprint density at radius 3 is 2.44 bits per heavy atom. The molecule has 1 amide bonds. The average Bonchev–Trinajstić information content (AvgIpc) is 2.34. The summed E-state index contributed by atoms with van der Waals surface area (Å²) in [6.07, 6.45) is 2.76. The van der Waals surface area contributed by atoms with Gasteiger partial charge in [-0.15, -0.1) is 0 Å². The van der Waals surface area contributed by atoms with Crippen molar-refractivity contribution in [3.8, 4) is 0 Å². The van der Waals surface area contributed by atoms with Crippen LogP contribution < -0.4 is 0 Å². The van der Waals surface area contributed by atoms with Crippen molar-refractivity contribution in [3.05, 3.63) is 35.4 Å². The van der Waals surface area contributed by atoms with Gasteiger partial charge in [0.15, 0.2) is 0 Å².